The Morgan fingerprint density at radius 1 is 0.810 bits per heavy atom. The molecule has 0 amide bonds. The lowest BCUT2D eigenvalue weighted by Crippen LogP contribution is -2.54. The van der Waals surface area contributed by atoms with Crippen molar-refractivity contribution in [2.45, 2.75) is 84.6 Å². The van der Waals surface area contributed by atoms with Crippen molar-refractivity contribution in [1.29, 1.82) is 0 Å². The van der Waals surface area contributed by atoms with Crippen LogP contribution >= 0.6 is 0 Å². The molecule has 8 atom stereocenters. The molecule has 2 N–H and O–H groups in total. The van der Waals surface area contributed by atoms with E-state index in [2.05, 4.69) is 20.8 Å². The van der Waals surface area contributed by atoms with Gasteiger partial charge in [-0.3, -0.25) is 0 Å². The van der Waals surface area contributed by atoms with E-state index < -0.39 is 0 Å². The predicted molar refractivity (Wildman–Crippen MR) is 88.9 cm³/mol. The first-order valence-corrected chi connectivity index (χ1v) is 9.71. The summed E-state index contributed by atoms with van der Waals surface area (Å²) in [5.74, 6) is 5.01. The molecule has 4 rings (SSSR count). The van der Waals surface area contributed by atoms with E-state index in [-0.39, 0.29) is 0 Å². The first-order chi connectivity index (χ1) is 9.95. The van der Waals surface area contributed by atoms with E-state index in [0.29, 0.717) is 16.9 Å². The van der Waals surface area contributed by atoms with Crippen molar-refractivity contribution in [3.05, 3.63) is 0 Å². The second kappa shape index (κ2) is 4.73. The quantitative estimate of drug-likeness (QED) is 0.668. The van der Waals surface area contributed by atoms with Gasteiger partial charge in [0.15, 0.2) is 0 Å². The fraction of sp³-hybridized carbons (Fsp3) is 1.00. The monoisotopic (exact) mass is 289 g/mol. The second-order valence-corrected chi connectivity index (χ2v) is 9.71. The molecule has 4 aliphatic carbocycles. The molecule has 0 spiro atoms. The fourth-order valence-electron chi connectivity index (χ4n) is 7.55. The first-order valence-electron chi connectivity index (χ1n) is 9.71. The maximum Gasteiger partial charge on any atom is 0.00418 e. The lowest BCUT2D eigenvalue weighted by atomic mass is 9.44. The van der Waals surface area contributed by atoms with Gasteiger partial charge in [0, 0.05) is 6.04 Å². The van der Waals surface area contributed by atoms with Crippen LogP contribution in [-0.2, 0) is 0 Å². The third-order valence-corrected chi connectivity index (χ3v) is 9.18. The van der Waals surface area contributed by atoms with Gasteiger partial charge in [-0.05, 0) is 98.2 Å². The van der Waals surface area contributed by atoms with E-state index in [1.54, 1.807) is 0 Å². The molecule has 0 radical (unpaired) electrons. The molecule has 1 nitrogen and oxygen atoms in total. The Kier molecular flexibility index (Phi) is 3.27. The van der Waals surface area contributed by atoms with Crippen molar-refractivity contribution < 1.29 is 0 Å². The minimum atomic E-state index is 0.500. The summed E-state index contributed by atoms with van der Waals surface area (Å²) in [5.41, 5.74) is 7.60. The van der Waals surface area contributed by atoms with Crippen LogP contribution in [0, 0.1) is 40.4 Å². The number of hydrogen-bond acceptors (Lipinski definition) is 1. The molecular weight excluding hydrogens is 254 g/mol. The molecule has 1 heteroatoms. The molecular formula is C20H35N. The summed E-state index contributed by atoms with van der Waals surface area (Å²) < 4.78 is 0. The molecule has 0 saturated heterocycles. The highest BCUT2D eigenvalue weighted by Crippen LogP contribution is 2.67. The Morgan fingerprint density at radius 2 is 1.52 bits per heavy atom. The molecule has 0 heterocycles. The van der Waals surface area contributed by atoms with Crippen LogP contribution in [0.4, 0.5) is 0 Å². The van der Waals surface area contributed by atoms with Crippen LogP contribution in [0.25, 0.3) is 0 Å². The Labute approximate surface area is 131 Å². The summed E-state index contributed by atoms with van der Waals surface area (Å²) in [6.45, 7) is 7.82. The molecule has 4 saturated carbocycles. The maximum absolute atomic E-state index is 6.29. The number of hydrogen-bond donors (Lipinski definition) is 1. The van der Waals surface area contributed by atoms with Gasteiger partial charge >= 0.3 is 0 Å². The first kappa shape index (κ1) is 14.5. The topological polar surface area (TPSA) is 26.0 Å². The van der Waals surface area contributed by atoms with Gasteiger partial charge in [-0.15, -0.1) is 0 Å². The molecule has 0 aromatic heterocycles. The molecule has 0 aliphatic heterocycles. The van der Waals surface area contributed by atoms with Gasteiger partial charge in [-0.1, -0.05) is 20.8 Å². The lowest BCUT2D eigenvalue weighted by molar-refractivity contribution is -0.111. The van der Waals surface area contributed by atoms with E-state index in [4.69, 9.17) is 5.73 Å². The van der Waals surface area contributed by atoms with Crippen molar-refractivity contribution in [3.8, 4) is 0 Å². The largest absolute Gasteiger partial charge is 0.328 e. The molecule has 4 fully saturated rings. The van der Waals surface area contributed by atoms with Crippen LogP contribution in [0.5, 0.6) is 0 Å². The molecule has 4 aliphatic rings. The third kappa shape index (κ3) is 1.92. The smallest absolute Gasteiger partial charge is 0.00418 e. The van der Waals surface area contributed by atoms with Crippen LogP contribution in [0.15, 0.2) is 0 Å². The van der Waals surface area contributed by atoms with Gasteiger partial charge in [0.1, 0.15) is 0 Å². The summed E-state index contributed by atoms with van der Waals surface area (Å²) in [6.07, 6.45) is 13.1. The Bertz CT molecular complexity index is 418. The average Bonchev–Trinajstić information content (AvgIpc) is 2.76. The van der Waals surface area contributed by atoms with Gasteiger partial charge in [0.2, 0.25) is 0 Å². The van der Waals surface area contributed by atoms with E-state index in [1.165, 1.54) is 57.8 Å². The van der Waals surface area contributed by atoms with E-state index >= 15 is 0 Å². The predicted octanol–water partition coefficient (Wildman–Crippen LogP) is 4.99. The van der Waals surface area contributed by atoms with Gasteiger partial charge in [-0.25, -0.2) is 0 Å². The molecule has 120 valence electrons. The van der Waals surface area contributed by atoms with Crippen molar-refractivity contribution >= 4 is 0 Å². The van der Waals surface area contributed by atoms with Crippen molar-refractivity contribution in [2.24, 2.45) is 46.2 Å². The zero-order valence-corrected chi connectivity index (χ0v) is 14.4. The van der Waals surface area contributed by atoms with Crippen LogP contribution < -0.4 is 5.73 Å². The highest BCUT2D eigenvalue weighted by molar-refractivity contribution is 5.08. The zero-order chi connectivity index (χ0) is 14.8. The molecule has 4 unspecified atom stereocenters. The fourth-order valence-corrected chi connectivity index (χ4v) is 7.55. The van der Waals surface area contributed by atoms with Crippen LogP contribution in [0.3, 0.4) is 0 Å². The zero-order valence-electron chi connectivity index (χ0n) is 14.4. The number of nitrogens with two attached hydrogens (primary N) is 1. The summed E-state index contributed by atoms with van der Waals surface area (Å²) in [7, 11) is 0. The maximum atomic E-state index is 6.29. The number of fused-ring (bicyclic) bond motifs is 5. The Balaban J connectivity index is 1.62. The molecule has 0 bridgehead atoms. The number of rotatable bonds is 0. The van der Waals surface area contributed by atoms with Gasteiger partial charge in [-0.2, -0.15) is 0 Å². The second-order valence-electron chi connectivity index (χ2n) is 9.71. The summed E-state index contributed by atoms with van der Waals surface area (Å²) >= 11 is 0. The highest BCUT2D eigenvalue weighted by atomic mass is 14.7. The van der Waals surface area contributed by atoms with E-state index in [1.807, 2.05) is 0 Å². The van der Waals surface area contributed by atoms with Crippen molar-refractivity contribution in [3.63, 3.8) is 0 Å². The Hall–Kier alpha value is -0.0400. The summed E-state index contributed by atoms with van der Waals surface area (Å²) in [4.78, 5) is 0. The average molecular weight is 290 g/mol. The van der Waals surface area contributed by atoms with Crippen molar-refractivity contribution in [1.82, 2.24) is 0 Å². The molecule has 0 aromatic carbocycles. The summed E-state index contributed by atoms with van der Waals surface area (Å²) in [5, 5.41) is 0. The van der Waals surface area contributed by atoms with Gasteiger partial charge < -0.3 is 5.73 Å². The lowest BCUT2D eigenvalue weighted by Gasteiger charge is -2.61. The highest BCUT2D eigenvalue weighted by Gasteiger charge is 2.59. The minimum absolute atomic E-state index is 0.500. The third-order valence-electron chi connectivity index (χ3n) is 9.18. The van der Waals surface area contributed by atoms with Gasteiger partial charge in [0.25, 0.3) is 0 Å². The normalized spacial score (nSPS) is 60.0. The standard InChI is InChI=1S/C20H35N/c1-13-4-7-17-16-6-5-14-12-15(21)8-10-20(14,3)18(16)9-11-19(13,17)2/h13-18H,4-12,21H2,1-3H3/t13-,14?,15+,16?,17?,18?,19+,20-/m0/s1. The van der Waals surface area contributed by atoms with Crippen LogP contribution in [-0.4, -0.2) is 6.04 Å². The SMILES string of the molecule is C[C@H]1CCC2C3CCC4C[C@H](N)CC[C@]4(C)C3CC[C@@]21C. The molecule has 0 aromatic rings. The van der Waals surface area contributed by atoms with Crippen molar-refractivity contribution in [2.75, 3.05) is 0 Å². The van der Waals surface area contributed by atoms with Gasteiger partial charge in [0.05, 0.1) is 0 Å². The van der Waals surface area contributed by atoms with E-state index in [9.17, 15) is 0 Å². The Morgan fingerprint density at radius 3 is 2.33 bits per heavy atom. The van der Waals surface area contributed by atoms with Crippen LogP contribution in [0.2, 0.25) is 0 Å². The van der Waals surface area contributed by atoms with Crippen LogP contribution in [0.1, 0.15) is 78.6 Å². The summed E-state index contributed by atoms with van der Waals surface area (Å²) in [6, 6.07) is 0.500. The minimum Gasteiger partial charge on any atom is -0.328 e. The van der Waals surface area contributed by atoms with E-state index in [0.717, 1.165) is 29.6 Å². The molecule has 21 heavy (non-hydrogen) atoms.